The van der Waals surface area contributed by atoms with Gasteiger partial charge < -0.3 is 15.5 Å². The van der Waals surface area contributed by atoms with Crippen molar-refractivity contribution < 1.29 is 9.59 Å². The summed E-state index contributed by atoms with van der Waals surface area (Å²) in [6, 6.07) is 0. The lowest BCUT2D eigenvalue weighted by Gasteiger charge is -2.42. The van der Waals surface area contributed by atoms with Crippen molar-refractivity contribution in [1.29, 1.82) is 0 Å². The van der Waals surface area contributed by atoms with Gasteiger partial charge in [-0.05, 0) is 19.3 Å². The molecule has 0 atom stereocenters. The Hall–Kier alpha value is -1.14. The second-order valence-corrected chi connectivity index (χ2v) is 6.55. The number of rotatable bonds is 4. The first-order valence-corrected chi connectivity index (χ1v) is 7.90. The third-order valence-electron chi connectivity index (χ3n) is 4.89. The minimum atomic E-state index is -0.283. The van der Waals surface area contributed by atoms with Crippen molar-refractivity contribution in [2.75, 3.05) is 53.4 Å². The van der Waals surface area contributed by atoms with E-state index >= 15 is 0 Å². The molecule has 0 aromatic rings. The van der Waals surface area contributed by atoms with Crippen molar-refractivity contribution in [1.82, 2.24) is 14.7 Å². The lowest BCUT2D eigenvalue weighted by Crippen LogP contribution is -2.52. The SMILES string of the molecule is CN(C)C(=O)CN1CCCN(C(=O)C2(CN)CCC2)CC1. The van der Waals surface area contributed by atoms with Crippen LogP contribution in [0.15, 0.2) is 0 Å². The van der Waals surface area contributed by atoms with E-state index < -0.39 is 0 Å². The molecule has 0 radical (unpaired) electrons. The second-order valence-electron chi connectivity index (χ2n) is 6.55. The van der Waals surface area contributed by atoms with Crippen LogP contribution in [0.5, 0.6) is 0 Å². The Balaban J connectivity index is 1.89. The van der Waals surface area contributed by atoms with E-state index in [1.165, 1.54) is 0 Å². The van der Waals surface area contributed by atoms with Crippen molar-refractivity contribution in [2.45, 2.75) is 25.7 Å². The Kier molecular flexibility index (Phi) is 5.22. The summed E-state index contributed by atoms with van der Waals surface area (Å²) in [4.78, 5) is 30.2. The summed E-state index contributed by atoms with van der Waals surface area (Å²) in [5.74, 6) is 0.351. The molecule has 0 aromatic carbocycles. The van der Waals surface area contributed by atoms with Gasteiger partial charge in [0.15, 0.2) is 0 Å². The van der Waals surface area contributed by atoms with E-state index in [0.29, 0.717) is 19.6 Å². The zero-order valence-corrected chi connectivity index (χ0v) is 13.3. The Morgan fingerprint density at radius 2 is 1.81 bits per heavy atom. The van der Waals surface area contributed by atoms with Crippen molar-refractivity contribution in [3.05, 3.63) is 0 Å². The third kappa shape index (κ3) is 3.55. The minimum absolute atomic E-state index is 0.118. The highest BCUT2D eigenvalue weighted by Crippen LogP contribution is 2.41. The van der Waals surface area contributed by atoms with Crippen LogP contribution < -0.4 is 5.73 Å². The van der Waals surface area contributed by atoms with Gasteiger partial charge in [-0.1, -0.05) is 6.42 Å². The quantitative estimate of drug-likeness (QED) is 0.776. The average molecular weight is 296 g/mol. The molecule has 6 nitrogen and oxygen atoms in total. The molecule has 1 saturated heterocycles. The molecule has 2 aliphatic rings. The maximum Gasteiger partial charge on any atom is 0.236 e. The minimum Gasteiger partial charge on any atom is -0.348 e. The fourth-order valence-electron chi connectivity index (χ4n) is 3.11. The zero-order chi connectivity index (χ0) is 15.5. The van der Waals surface area contributed by atoms with Crippen LogP contribution in [0, 0.1) is 5.41 Å². The summed E-state index contributed by atoms with van der Waals surface area (Å²) < 4.78 is 0. The normalized spacial score (nSPS) is 22.3. The van der Waals surface area contributed by atoms with Crippen molar-refractivity contribution in [3.8, 4) is 0 Å². The number of hydrogen-bond donors (Lipinski definition) is 1. The molecule has 1 saturated carbocycles. The Labute approximate surface area is 127 Å². The molecule has 2 rings (SSSR count). The Bertz CT molecular complexity index is 388. The number of amides is 2. The molecule has 1 aliphatic carbocycles. The number of likely N-dealkylation sites (N-methyl/N-ethyl adjacent to an activating group) is 1. The van der Waals surface area contributed by atoms with Gasteiger partial charge in [0, 0.05) is 46.8 Å². The summed E-state index contributed by atoms with van der Waals surface area (Å²) in [7, 11) is 3.55. The molecule has 0 bridgehead atoms. The van der Waals surface area contributed by atoms with Crippen LogP contribution in [0.4, 0.5) is 0 Å². The van der Waals surface area contributed by atoms with E-state index in [-0.39, 0.29) is 17.2 Å². The fourth-order valence-corrected chi connectivity index (χ4v) is 3.11. The Morgan fingerprint density at radius 1 is 1.10 bits per heavy atom. The second kappa shape index (κ2) is 6.75. The first kappa shape index (κ1) is 16.2. The van der Waals surface area contributed by atoms with E-state index in [1.807, 2.05) is 4.90 Å². The highest BCUT2D eigenvalue weighted by molar-refractivity contribution is 5.84. The van der Waals surface area contributed by atoms with Gasteiger partial charge in [-0.3, -0.25) is 14.5 Å². The van der Waals surface area contributed by atoms with Gasteiger partial charge in [-0.2, -0.15) is 0 Å². The van der Waals surface area contributed by atoms with Crippen molar-refractivity contribution in [3.63, 3.8) is 0 Å². The topological polar surface area (TPSA) is 69.9 Å². The van der Waals surface area contributed by atoms with E-state index in [9.17, 15) is 9.59 Å². The number of nitrogens with zero attached hydrogens (tertiary/aromatic N) is 3. The Morgan fingerprint density at radius 3 is 2.33 bits per heavy atom. The van der Waals surface area contributed by atoms with Gasteiger partial charge in [0.05, 0.1) is 12.0 Å². The monoisotopic (exact) mass is 296 g/mol. The summed E-state index contributed by atoms with van der Waals surface area (Å²) in [5.41, 5.74) is 5.55. The summed E-state index contributed by atoms with van der Waals surface area (Å²) in [6.07, 6.45) is 3.90. The van der Waals surface area contributed by atoms with Gasteiger partial charge in [-0.15, -0.1) is 0 Å². The lowest BCUT2D eigenvalue weighted by molar-refractivity contribution is -0.146. The fraction of sp³-hybridized carbons (Fsp3) is 0.867. The summed E-state index contributed by atoms with van der Waals surface area (Å²) >= 11 is 0. The van der Waals surface area contributed by atoms with Crippen molar-refractivity contribution in [2.24, 2.45) is 11.1 Å². The maximum atomic E-state index is 12.7. The van der Waals surface area contributed by atoms with Gasteiger partial charge in [0.25, 0.3) is 0 Å². The van der Waals surface area contributed by atoms with Crippen LogP contribution in [0.25, 0.3) is 0 Å². The zero-order valence-electron chi connectivity index (χ0n) is 13.3. The molecule has 1 heterocycles. The van der Waals surface area contributed by atoms with Crippen LogP contribution >= 0.6 is 0 Å². The molecule has 2 fully saturated rings. The van der Waals surface area contributed by atoms with E-state index in [1.54, 1.807) is 19.0 Å². The first-order valence-electron chi connectivity index (χ1n) is 7.90. The third-order valence-corrected chi connectivity index (χ3v) is 4.89. The standard InChI is InChI=1S/C15H28N4O2/c1-17(2)13(20)11-18-7-4-8-19(10-9-18)14(21)15(12-16)5-3-6-15/h3-12,16H2,1-2H3. The van der Waals surface area contributed by atoms with Crippen LogP contribution in [0.3, 0.4) is 0 Å². The van der Waals surface area contributed by atoms with Gasteiger partial charge >= 0.3 is 0 Å². The molecule has 6 heteroatoms. The predicted molar refractivity (Wildman–Crippen MR) is 81.7 cm³/mol. The predicted octanol–water partition coefficient (Wildman–Crippen LogP) is -0.262. The molecule has 2 N–H and O–H groups in total. The van der Waals surface area contributed by atoms with E-state index in [2.05, 4.69) is 4.90 Å². The molecular weight excluding hydrogens is 268 g/mol. The van der Waals surface area contributed by atoms with Crippen LogP contribution in [0.2, 0.25) is 0 Å². The number of nitrogens with two attached hydrogens (primary N) is 1. The summed E-state index contributed by atoms with van der Waals surface area (Å²) in [6.45, 7) is 4.04. The molecule has 0 spiro atoms. The smallest absolute Gasteiger partial charge is 0.236 e. The maximum absolute atomic E-state index is 12.7. The molecule has 2 amide bonds. The number of carbonyl (C=O) groups is 2. The largest absolute Gasteiger partial charge is 0.348 e. The first-order chi connectivity index (χ1) is 9.98. The van der Waals surface area contributed by atoms with Crippen LogP contribution in [-0.4, -0.2) is 79.9 Å². The molecule has 21 heavy (non-hydrogen) atoms. The molecular formula is C15H28N4O2. The van der Waals surface area contributed by atoms with E-state index in [4.69, 9.17) is 5.73 Å². The van der Waals surface area contributed by atoms with Gasteiger partial charge in [0.1, 0.15) is 0 Å². The highest BCUT2D eigenvalue weighted by Gasteiger charge is 2.45. The number of hydrogen-bond acceptors (Lipinski definition) is 4. The van der Waals surface area contributed by atoms with Crippen molar-refractivity contribution >= 4 is 11.8 Å². The van der Waals surface area contributed by atoms with Crippen LogP contribution in [-0.2, 0) is 9.59 Å². The lowest BCUT2D eigenvalue weighted by atomic mass is 9.68. The number of carbonyl (C=O) groups excluding carboxylic acids is 2. The molecule has 0 aromatic heterocycles. The molecule has 1 aliphatic heterocycles. The molecule has 0 unspecified atom stereocenters. The summed E-state index contributed by atoms with van der Waals surface area (Å²) in [5, 5.41) is 0. The molecule has 120 valence electrons. The van der Waals surface area contributed by atoms with Gasteiger partial charge in [-0.25, -0.2) is 0 Å². The average Bonchev–Trinajstić information content (AvgIpc) is 2.63. The van der Waals surface area contributed by atoms with Gasteiger partial charge in [0.2, 0.25) is 11.8 Å². The highest BCUT2D eigenvalue weighted by atomic mass is 16.2. The van der Waals surface area contributed by atoms with E-state index in [0.717, 1.165) is 45.3 Å². The van der Waals surface area contributed by atoms with Crippen LogP contribution in [0.1, 0.15) is 25.7 Å².